The highest BCUT2D eigenvalue weighted by Crippen LogP contribution is 2.53. The summed E-state index contributed by atoms with van der Waals surface area (Å²) in [4.78, 5) is 0. The standard InChI is InChI=1S/C29H39F/c1-3-8-22-13-15-25(16-14-22)29(4-2)19-17-23(18-20-29)21-28(30)27-12-7-10-24-9-5-6-11-26(24)27/h3,5-12,22-23,25,28H,4,13-21H2,1-2H3/b8-3+. The fourth-order valence-electron chi connectivity index (χ4n) is 6.68. The van der Waals surface area contributed by atoms with Crippen LogP contribution in [0.2, 0.25) is 0 Å². The van der Waals surface area contributed by atoms with Crippen molar-refractivity contribution < 1.29 is 4.39 Å². The third-order valence-corrected chi connectivity index (χ3v) is 8.61. The van der Waals surface area contributed by atoms with Crippen LogP contribution in [0.3, 0.4) is 0 Å². The molecule has 2 aromatic carbocycles. The van der Waals surface area contributed by atoms with Crippen molar-refractivity contribution in [1.29, 1.82) is 0 Å². The van der Waals surface area contributed by atoms with E-state index in [1.165, 1.54) is 57.8 Å². The molecular weight excluding hydrogens is 367 g/mol. The van der Waals surface area contributed by atoms with Crippen LogP contribution in [0.25, 0.3) is 10.8 Å². The molecule has 4 rings (SSSR count). The monoisotopic (exact) mass is 406 g/mol. The second-order valence-corrected chi connectivity index (χ2v) is 10.1. The average molecular weight is 407 g/mol. The van der Waals surface area contributed by atoms with E-state index in [4.69, 9.17) is 0 Å². The van der Waals surface area contributed by atoms with Crippen molar-refractivity contribution in [3.63, 3.8) is 0 Å². The zero-order valence-corrected chi connectivity index (χ0v) is 19.0. The smallest absolute Gasteiger partial charge is 0.126 e. The van der Waals surface area contributed by atoms with Crippen molar-refractivity contribution >= 4 is 10.8 Å². The summed E-state index contributed by atoms with van der Waals surface area (Å²) in [6.45, 7) is 4.56. The van der Waals surface area contributed by atoms with Crippen LogP contribution in [0.15, 0.2) is 54.6 Å². The van der Waals surface area contributed by atoms with Crippen molar-refractivity contribution in [2.24, 2.45) is 23.2 Å². The molecule has 30 heavy (non-hydrogen) atoms. The van der Waals surface area contributed by atoms with Gasteiger partial charge in [0.1, 0.15) is 6.17 Å². The normalized spacial score (nSPS) is 31.2. The van der Waals surface area contributed by atoms with Crippen LogP contribution in [0.1, 0.15) is 89.8 Å². The molecule has 0 N–H and O–H groups in total. The van der Waals surface area contributed by atoms with Crippen molar-refractivity contribution in [2.45, 2.75) is 84.2 Å². The van der Waals surface area contributed by atoms with E-state index in [9.17, 15) is 0 Å². The van der Waals surface area contributed by atoms with E-state index in [1.807, 2.05) is 24.3 Å². The van der Waals surface area contributed by atoms with E-state index in [1.54, 1.807) is 0 Å². The summed E-state index contributed by atoms with van der Waals surface area (Å²) in [6.07, 6.45) is 16.4. The predicted octanol–water partition coefficient (Wildman–Crippen LogP) is 9.21. The third kappa shape index (κ3) is 4.51. The quantitative estimate of drug-likeness (QED) is 0.419. The first-order valence-electron chi connectivity index (χ1n) is 12.4. The minimum atomic E-state index is -0.841. The van der Waals surface area contributed by atoms with Gasteiger partial charge >= 0.3 is 0 Å². The Balaban J connectivity index is 1.36. The van der Waals surface area contributed by atoms with E-state index in [0.29, 0.717) is 17.8 Å². The summed E-state index contributed by atoms with van der Waals surface area (Å²) in [7, 11) is 0. The molecule has 0 aromatic heterocycles. The van der Waals surface area contributed by atoms with Gasteiger partial charge in [-0.25, -0.2) is 4.39 Å². The number of hydrogen-bond acceptors (Lipinski definition) is 0. The third-order valence-electron chi connectivity index (χ3n) is 8.61. The Bertz CT molecular complexity index is 829. The first-order valence-corrected chi connectivity index (χ1v) is 12.4. The van der Waals surface area contributed by atoms with Crippen LogP contribution in [-0.2, 0) is 0 Å². The maximum absolute atomic E-state index is 15.4. The summed E-state index contributed by atoms with van der Waals surface area (Å²) in [5, 5.41) is 2.24. The van der Waals surface area contributed by atoms with E-state index in [-0.39, 0.29) is 0 Å². The van der Waals surface area contributed by atoms with Gasteiger partial charge < -0.3 is 0 Å². The summed E-state index contributed by atoms with van der Waals surface area (Å²) < 4.78 is 15.4. The Labute approximate surface area is 183 Å². The molecule has 2 aliphatic carbocycles. The van der Waals surface area contributed by atoms with Gasteiger partial charge in [0, 0.05) is 0 Å². The number of halogens is 1. The fourth-order valence-corrected chi connectivity index (χ4v) is 6.68. The molecule has 0 radical (unpaired) electrons. The summed E-state index contributed by atoms with van der Waals surface area (Å²) in [5.74, 6) is 2.24. The molecule has 0 amide bonds. The second kappa shape index (κ2) is 9.67. The lowest BCUT2D eigenvalue weighted by Crippen LogP contribution is -2.36. The molecule has 0 bridgehead atoms. The minimum absolute atomic E-state index is 0.530. The summed E-state index contributed by atoms with van der Waals surface area (Å²) in [5.41, 5.74) is 1.42. The van der Waals surface area contributed by atoms with E-state index < -0.39 is 6.17 Å². The van der Waals surface area contributed by atoms with Crippen LogP contribution >= 0.6 is 0 Å². The highest BCUT2D eigenvalue weighted by atomic mass is 19.1. The molecule has 2 aromatic rings. The van der Waals surface area contributed by atoms with Gasteiger partial charge in [-0.15, -0.1) is 0 Å². The van der Waals surface area contributed by atoms with Gasteiger partial charge in [0.05, 0.1) is 0 Å². The number of hydrogen-bond donors (Lipinski definition) is 0. The van der Waals surface area contributed by atoms with Gasteiger partial charge in [-0.05, 0) is 104 Å². The molecule has 0 aliphatic heterocycles. The summed E-state index contributed by atoms with van der Waals surface area (Å²) in [6, 6.07) is 14.3. The Morgan fingerprint density at radius 2 is 1.67 bits per heavy atom. The molecule has 0 heterocycles. The Morgan fingerprint density at radius 3 is 2.37 bits per heavy atom. The van der Waals surface area contributed by atoms with Crippen LogP contribution in [0.4, 0.5) is 4.39 Å². The van der Waals surface area contributed by atoms with Gasteiger partial charge in [-0.1, -0.05) is 68.0 Å². The number of rotatable bonds is 6. The maximum atomic E-state index is 15.4. The molecule has 0 nitrogen and oxygen atoms in total. The summed E-state index contributed by atoms with van der Waals surface area (Å²) >= 11 is 0. The van der Waals surface area contributed by atoms with Crippen molar-refractivity contribution in [1.82, 2.24) is 0 Å². The lowest BCUT2D eigenvalue weighted by Gasteiger charge is -2.48. The van der Waals surface area contributed by atoms with Crippen LogP contribution in [0.5, 0.6) is 0 Å². The van der Waals surface area contributed by atoms with Gasteiger partial charge in [-0.3, -0.25) is 0 Å². The Hall–Kier alpha value is -1.63. The molecule has 162 valence electrons. The molecule has 1 atom stereocenters. The molecular formula is C29H39F. The Morgan fingerprint density at radius 1 is 0.967 bits per heavy atom. The lowest BCUT2D eigenvalue weighted by molar-refractivity contribution is 0.0326. The van der Waals surface area contributed by atoms with Gasteiger partial charge in [0.15, 0.2) is 0 Å². The number of fused-ring (bicyclic) bond motifs is 1. The number of alkyl halides is 1. The second-order valence-electron chi connectivity index (χ2n) is 10.1. The van der Waals surface area contributed by atoms with Gasteiger partial charge in [0.25, 0.3) is 0 Å². The van der Waals surface area contributed by atoms with E-state index in [2.05, 4.69) is 44.2 Å². The molecule has 0 saturated heterocycles. The van der Waals surface area contributed by atoms with E-state index in [0.717, 1.165) is 28.2 Å². The average Bonchev–Trinajstić information content (AvgIpc) is 2.80. The predicted molar refractivity (Wildman–Crippen MR) is 127 cm³/mol. The topological polar surface area (TPSA) is 0 Å². The zero-order chi connectivity index (χ0) is 21.0. The molecule has 0 spiro atoms. The zero-order valence-electron chi connectivity index (χ0n) is 19.0. The molecule has 2 aliphatic rings. The minimum Gasteiger partial charge on any atom is -0.242 e. The molecule has 2 fully saturated rings. The van der Waals surface area contributed by atoms with Crippen molar-refractivity contribution in [3.05, 3.63) is 60.2 Å². The first-order chi connectivity index (χ1) is 14.6. The molecule has 2 saturated carbocycles. The van der Waals surface area contributed by atoms with Crippen LogP contribution < -0.4 is 0 Å². The largest absolute Gasteiger partial charge is 0.242 e. The van der Waals surface area contributed by atoms with E-state index >= 15 is 4.39 Å². The van der Waals surface area contributed by atoms with Gasteiger partial charge in [-0.2, -0.15) is 0 Å². The fraction of sp³-hybridized carbons (Fsp3) is 0.586. The first kappa shape index (κ1) is 21.6. The highest BCUT2D eigenvalue weighted by molar-refractivity contribution is 5.85. The van der Waals surface area contributed by atoms with Crippen LogP contribution in [0, 0.1) is 23.2 Å². The number of benzene rings is 2. The maximum Gasteiger partial charge on any atom is 0.126 e. The lowest BCUT2D eigenvalue weighted by atomic mass is 9.58. The van der Waals surface area contributed by atoms with Gasteiger partial charge in [0.2, 0.25) is 0 Å². The number of allylic oxidation sites excluding steroid dienone is 2. The van der Waals surface area contributed by atoms with Crippen molar-refractivity contribution in [2.75, 3.05) is 0 Å². The molecule has 1 heteroatoms. The SMILES string of the molecule is C/C=C/C1CCC(C2(CC)CCC(CC(F)c3cccc4ccccc34)CC2)CC1. The van der Waals surface area contributed by atoms with Crippen LogP contribution in [-0.4, -0.2) is 0 Å². The van der Waals surface area contributed by atoms with Crippen molar-refractivity contribution in [3.8, 4) is 0 Å². The Kier molecular flexibility index (Phi) is 6.96. The molecule has 1 unspecified atom stereocenters. The highest BCUT2D eigenvalue weighted by Gasteiger charge is 2.41.